The van der Waals surface area contributed by atoms with Crippen molar-refractivity contribution in [2.45, 2.75) is 31.2 Å². The lowest BCUT2D eigenvalue weighted by molar-refractivity contribution is 0.167. The highest BCUT2D eigenvalue weighted by Crippen LogP contribution is 2.27. The van der Waals surface area contributed by atoms with Crippen molar-refractivity contribution in [1.29, 1.82) is 0 Å². The number of nitrogens with zero attached hydrogens (tertiary/aromatic N) is 2. The average molecular weight is 438 g/mol. The number of para-hydroxylation sites is 2. The summed E-state index contributed by atoms with van der Waals surface area (Å²) in [5, 5.41) is 9.69. The van der Waals surface area contributed by atoms with Crippen LogP contribution in [0.1, 0.15) is 19.4 Å². The summed E-state index contributed by atoms with van der Waals surface area (Å²) in [7, 11) is -2.57. The molecule has 0 aromatic heterocycles. The van der Waals surface area contributed by atoms with Gasteiger partial charge in [0.05, 0.1) is 31.6 Å². The van der Waals surface area contributed by atoms with Gasteiger partial charge in [0, 0.05) is 0 Å². The lowest BCUT2D eigenvalue weighted by atomic mass is 10.1. The molecule has 0 saturated carbocycles. The fourth-order valence-corrected chi connectivity index (χ4v) is 3.70. The van der Waals surface area contributed by atoms with E-state index in [4.69, 9.17) is 19.3 Å². The first-order valence-electron chi connectivity index (χ1n) is 9.44. The lowest BCUT2D eigenvalue weighted by Gasteiger charge is -2.23. The van der Waals surface area contributed by atoms with Crippen LogP contribution in [0.15, 0.2) is 52.6 Å². The summed E-state index contributed by atoms with van der Waals surface area (Å²) in [5.41, 5.74) is 0.684. The van der Waals surface area contributed by atoms with Gasteiger partial charge in [0.15, 0.2) is 11.5 Å². The van der Waals surface area contributed by atoms with Crippen molar-refractivity contribution in [2.75, 3.05) is 26.9 Å². The normalized spacial score (nSPS) is 12.1. The Hall–Kier alpha value is -2.85. The number of hydrogen-bond acceptors (Lipinski definition) is 7. The highest BCUT2D eigenvalue weighted by molar-refractivity contribution is 7.89. The van der Waals surface area contributed by atoms with E-state index in [-0.39, 0.29) is 29.8 Å². The van der Waals surface area contributed by atoms with Gasteiger partial charge in [-0.05, 0) is 50.1 Å². The fourth-order valence-electron chi connectivity index (χ4n) is 2.95. The largest absolute Gasteiger partial charge is 0.495 e. The molecular formula is C20H27N3O6S. The zero-order valence-corrected chi connectivity index (χ0v) is 18.1. The maximum absolute atomic E-state index is 11.8. The van der Waals surface area contributed by atoms with Crippen LogP contribution < -0.4 is 19.3 Å². The topological polar surface area (TPSA) is 121 Å². The molecule has 2 aromatic carbocycles. The van der Waals surface area contributed by atoms with Gasteiger partial charge in [0.25, 0.3) is 0 Å². The molecule has 0 aliphatic rings. The predicted octanol–water partition coefficient (Wildman–Crippen LogP) is 2.73. The Labute approximate surface area is 176 Å². The second kappa shape index (κ2) is 10.8. The molecule has 0 bridgehead atoms. The molecule has 0 fully saturated rings. The molecule has 2 N–H and O–H groups in total. The molecule has 0 amide bonds. The minimum absolute atomic E-state index is 0.101. The SMILES string of the molecule is CCOc1ccccc1OCCN(N=O)C(C)Cc1ccc(OC)c(S(N)(=O)=O)c1. The highest BCUT2D eigenvalue weighted by atomic mass is 32.2. The van der Waals surface area contributed by atoms with Crippen LogP contribution in [0.5, 0.6) is 17.2 Å². The van der Waals surface area contributed by atoms with E-state index < -0.39 is 10.0 Å². The molecule has 30 heavy (non-hydrogen) atoms. The molecule has 10 heteroatoms. The van der Waals surface area contributed by atoms with Crippen molar-refractivity contribution in [2.24, 2.45) is 10.4 Å². The van der Waals surface area contributed by atoms with E-state index in [1.54, 1.807) is 12.1 Å². The minimum atomic E-state index is -3.94. The van der Waals surface area contributed by atoms with E-state index >= 15 is 0 Å². The third kappa shape index (κ3) is 6.33. The molecule has 0 saturated heterocycles. The van der Waals surface area contributed by atoms with Gasteiger partial charge in [-0.1, -0.05) is 18.2 Å². The smallest absolute Gasteiger partial charge is 0.241 e. The van der Waals surface area contributed by atoms with E-state index in [2.05, 4.69) is 5.29 Å². The quantitative estimate of drug-likeness (QED) is 0.400. The summed E-state index contributed by atoms with van der Waals surface area (Å²) in [4.78, 5) is 11.2. The van der Waals surface area contributed by atoms with Gasteiger partial charge in [0.2, 0.25) is 10.0 Å². The second-order valence-corrected chi connectivity index (χ2v) is 8.09. The third-order valence-corrected chi connectivity index (χ3v) is 5.34. The number of rotatable bonds is 12. The number of benzene rings is 2. The van der Waals surface area contributed by atoms with Gasteiger partial charge in [0.1, 0.15) is 17.3 Å². The monoisotopic (exact) mass is 437 g/mol. The van der Waals surface area contributed by atoms with Gasteiger partial charge in [-0.3, -0.25) is 5.01 Å². The molecule has 0 aliphatic carbocycles. The van der Waals surface area contributed by atoms with E-state index in [9.17, 15) is 13.3 Å². The van der Waals surface area contributed by atoms with Crippen molar-refractivity contribution in [3.05, 3.63) is 52.9 Å². The van der Waals surface area contributed by atoms with Gasteiger partial charge >= 0.3 is 0 Å². The molecule has 0 aliphatic heterocycles. The molecular weight excluding hydrogens is 410 g/mol. The number of ether oxygens (including phenoxy) is 3. The van der Waals surface area contributed by atoms with Gasteiger partial charge in [-0.25, -0.2) is 13.6 Å². The Morgan fingerprint density at radius 3 is 2.33 bits per heavy atom. The van der Waals surface area contributed by atoms with Gasteiger partial charge in [-0.2, -0.15) is 0 Å². The highest BCUT2D eigenvalue weighted by Gasteiger charge is 2.19. The van der Waals surface area contributed by atoms with Crippen LogP contribution in [0.4, 0.5) is 0 Å². The Balaban J connectivity index is 2.02. The van der Waals surface area contributed by atoms with Crippen LogP contribution >= 0.6 is 0 Å². The molecule has 164 valence electrons. The molecule has 2 aromatic rings. The fraction of sp³-hybridized carbons (Fsp3) is 0.400. The lowest BCUT2D eigenvalue weighted by Crippen LogP contribution is -2.33. The summed E-state index contributed by atoms with van der Waals surface area (Å²) in [5.74, 6) is 1.39. The summed E-state index contributed by atoms with van der Waals surface area (Å²) >= 11 is 0. The summed E-state index contributed by atoms with van der Waals surface area (Å²) < 4.78 is 39.9. The summed E-state index contributed by atoms with van der Waals surface area (Å²) in [6.45, 7) is 4.70. The van der Waals surface area contributed by atoms with Crippen LogP contribution in [-0.2, 0) is 16.4 Å². The third-order valence-electron chi connectivity index (χ3n) is 4.41. The number of nitrogens with two attached hydrogens (primary N) is 1. The number of hydrogen-bond donors (Lipinski definition) is 1. The van der Waals surface area contributed by atoms with E-state index in [1.165, 1.54) is 24.3 Å². The minimum Gasteiger partial charge on any atom is -0.495 e. The maximum atomic E-state index is 11.8. The van der Waals surface area contributed by atoms with Gasteiger partial charge < -0.3 is 14.2 Å². The average Bonchev–Trinajstić information content (AvgIpc) is 2.71. The van der Waals surface area contributed by atoms with Gasteiger partial charge in [-0.15, -0.1) is 4.91 Å². The Kier molecular flexibility index (Phi) is 8.43. The van der Waals surface area contributed by atoms with Crippen molar-refractivity contribution < 1.29 is 22.6 Å². The predicted molar refractivity (Wildman–Crippen MR) is 113 cm³/mol. The summed E-state index contributed by atoms with van der Waals surface area (Å²) in [6, 6.07) is 11.7. The molecule has 1 atom stereocenters. The molecule has 9 nitrogen and oxygen atoms in total. The standard InChI is InChI=1S/C20H27N3O6S/c1-4-28-17-7-5-6-8-18(17)29-12-11-23(22-24)15(2)13-16-9-10-19(27-3)20(14-16)30(21,25)26/h5-10,14-15H,4,11-13H2,1-3H3,(H2,21,25,26). The number of sulfonamides is 1. The van der Waals surface area contributed by atoms with Crippen molar-refractivity contribution in [1.82, 2.24) is 5.01 Å². The Morgan fingerprint density at radius 1 is 1.10 bits per heavy atom. The van der Waals surface area contributed by atoms with Crippen molar-refractivity contribution in [3.63, 3.8) is 0 Å². The second-order valence-electron chi connectivity index (χ2n) is 6.56. The van der Waals surface area contributed by atoms with Crippen LogP contribution in [0.25, 0.3) is 0 Å². The maximum Gasteiger partial charge on any atom is 0.241 e. The van der Waals surface area contributed by atoms with Crippen LogP contribution in [0.3, 0.4) is 0 Å². The first-order chi connectivity index (χ1) is 14.3. The molecule has 1 unspecified atom stereocenters. The number of nitroso groups, excluding NO2 is 1. The molecule has 0 heterocycles. The zero-order chi connectivity index (χ0) is 22.1. The van der Waals surface area contributed by atoms with Crippen molar-refractivity contribution in [3.8, 4) is 17.2 Å². The van der Waals surface area contributed by atoms with E-state index in [1.807, 2.05) is 32.0 Å². The summed E-state index contributed by atoms with van der Waals surface area (Å²) in [6.07, 6.45) is 0.383. The molecule has 0 radical (unpaired) electrons. The Morgan fingerprint density at radius 2 is 1.77 bits per heavy atom. The van der Waals surface area contributed by atoms with E-state index in [0.717, 1.165) is 0 Å². The van der Waals surface area contributed by atoms with Crippen LogP contribution in [0.2, 0.25) is 0 Å². The zero-order valence-electron chi connectivity index (χ0n) is 17.3. The van der Waals surface area contributed by atoms with E-state index in [0.29, 0.717) is 30.1 Å². The number of primary sulfonamides is 1. The first kappa shape index (κ1) is 23.4. The number of methoxy groups -OCH3 is 1. The first-order valence-corrected chi connectivity index (χ1v) is 11.0. The molecule has 0 spiro atoms. The van der Waals surface area contributed by atoms with Crippen molar-refractivity contribution >= 4 is 10.0 Å². The Bertz CT molecular complexity index is 951. The van der Waals surface area contributed by atoms with Crippen LogP contribution in [0, 0.1) is 4.91 Å². The molecule has 2 rings (SSSR count). The van der Waals surface area contributed by atoms with Crippen LogP contribution in [-0.4, -0.2) is 46.3 Å².